The van der Waals surface area contributed by atoms with Crippen LogP contribution in [0.1, 0.15) is 11.1 Å². The fourth-order valence-electron chi connectivity index (χ4n) is 2.12. The smallest absolute Gasteiger partial charge is 0.236 e. The molecule has 0 radical (unpaired) electrons. The zero-order chi connectivity index (χ0) is 20.8. The van der Waals surface area contributed by atoms with Crippen molar-refractivity contribution in [1.29, 1.82) is 0 Å². The van der Waals surface area contributed by atoms with Gasteiger partial charge in [-0.25, -0.2) is 4.98 Å². The van der Waals surface area contributed by atoms with Crippen LogP contribution in [0.25, 0.3) is 0 Å². The van der Waals surface area contributed by atoms with Crippen LogP contribution in [0, 0.1) is 6.92 Å². The number of nitrogens with zero attached hydrogens (tertiary/aromatic N) is 3. The van der Waals surface area contributed by atoms with Crippen LogP contribution in [-0.2, 0) is 10.5 Å². The lowest BCUT2D eigenvalue weighted by Crippen LogP contribution is -2.15. The van der Waals surface area contributed by atoms with E-state index < -0.39 is 0 Å². The highest BCUT2D eigenvalue weighted by Gasteiger charge is 2.13. The van der Waals surface area contributed by atoms with E-state index >= 15 is 0 Å². The fraction of sp³-hybridized carbons (Fsp3) is 0.222. The van der Waals surface area contributed by atoms with Crippen molar-refractivity contribution in [1.82, 2.24) is 15.2 Å². The zero-order valence-electron chi connectivity index (χ0n) is 15.4. The molecule has 0 saturated heterocycles. The molecule has 29 heavy (non-hydrogen) atoms. The van der Waals surface area contributed by atoms with Gasteiger partial charge in [-0.15, -0.1) is 10.2 Å². The molecule has 2 heterocycles. The predicted octanol–water partition coefficient (Wildman–Crippen LogP) is 5.58. The van der Waals surface area contributed by atoms with E-state index in [9.17, 15) is 4.79 Å². The topological polar surface area (TPSA) is 77.0 Å². The van der Waals surface area contributed by atoms with E-state index in [0.717, 1.165) is 20.2 Å². The molecule has 0 unspecified atom stereocenters. The molecule has 6 nitrogen and oxygen atoms in total. The molecule has 0 saturated carbocycles. The number of aromatic nitrogens is 3. The summed E-state index contributed by atoms with van der Waals surface area (Å²) in [6, 6.07) is 7.90. The Morgan fingerprint density at radius 3 is 2.55 bits per heavy atom. The van der Waals surface area contributed by atoms with E-state index in [4.69, 9.17) is 27.9 Å². The van der Waals surface area contributed by atoms with Crippen molar-refractivity contribution in [2.45, 2.75) is 21.4 Å². The van der Waals surface area contributed by atoms with Crippen LogP contribution in [0.4, 0.5) is 5.82 Å². The highest BCUT2D eigenvalue weighted by Crippen LogP contribution is 2.32. The summed E-state index contributed by atoms with van der Waals surface area (Å²) in [6.45, 7) is 1.77. The number of thioether (sulfide) groups is 2. The zero-order valence-corrected chi connectivity index (χ0v) is 19.4. The number of pyridine rings is 1. The second kappa shape index (κ2) is 10.5. The fourth-order valence-corrected chi connectivity index (χ4v) is 5.29. The summed E-state index contributed by atoms with van der Waals surface area (Å²) in [5.74, 6) is 1.86. The lowest BCUT2D eigenvalue weighted by molar-refractivity contribution is -0.113. The Kier molecular flexibility index (Phi) is 8.02. The second-order valence-electron chi connectivity index (χ2n) is 5.70. The third-order valence-corrected chi connectivity index (χ3v) is 7.80. The van der Waals surface area contributed by atoms with Crippen LogP contribution in [0.3, 0.4) is 0 Å². The number of hydrogen-bond donors (Lipinski definition) is 1. The molecule has 1 amide bonds. The Balaban J connectivity index is 1.48. The van der Waals surface area contributed by atoms with Crippen LogP contribution in [0.15, 0.2) is 39.1 Å². The lowest BCUT2D eigenvalue weighted by Gasteiger charge is -2.08. The Hall–Kier alpha value is -1.52. The molecule has 1 N–H and O–H groups in total. The van der Waals surface area contributed by atoms with Crippen molar-refractivity contribution in [2.75, 3.05) is 18.2 Å². The van der Waals surface area contributed by atoms with Crippen molar-refractivity contribution < 1.29 is 9.53 Å². The van der Waals surface area contributed by atoms with Gasteiger partial charge in [-0.2, -0.15) is 0 Å². The van der Waals surface area contributed by atoms with Gasteiger partial charge in [-0.3, -0.25) is 4.79 Å². The molecule has 0 aliphatic carbocycles. The average molecular weight is 487 g/mol. The van der Waals surface area contributed by atoms with E-state index in [1.54, 1.807) is 25.8 Å². The number of rotatable bonds is 8. The number of benzene rings is 1. The first-order valence-corrected chi connectivity index (χ1v) is 11.8. The largest absolute Gasteiger partial charge is 0.497 e. The number of anilines is 1. The summed E-state index contributed by atoms with van der Waals surface area (Å²) in [7, 11) is 1.64. The molecule has 2 aromatic heterocycles. The van der Waals surface area contributed by atoms with E-state index in [1.807, 2.05) is 24.3 Å². The average Bonchev–Trinajstić information content (AvgIpc) is 3.19. The molecule has 0 bridgehead atoms. The molecule has 1 aromatic carbocycles. The van der Waals surface area contributed by atoms with E-state index in [1.165, 1.54) is 34.9 Å². The number of carbonyl (C=O) groups excluding carboxylic acids is 1. The number of halogens is 2. The maximum absolute atomic E-state index is 12.2. The number of ether oxygens (including phenoxy) is 1. The van der Waals surface area contributed by atoms with Crippen LogP contribution in [0.2, 0.25) is 10.0 Å². The van der Waals surface area contributed by atoms with Gasteiger partial charge >= 0.3 is 0 Å². The summed E-state index contributed by atoms with van der Waals surface area (Å²) < 4.78 is 6.73. The van der Waals surface area contributed by atoms with Crippen molar-refractivity contribution in [2.24, 2.45) is 0 Å². The molecule has 152 valence electrons. The molecule has 11 heteroatoms. The maximum Gasteiger partial charge on any atom is 0.236 e. The Labute approximate surface area is 190 Å². The third kappa shape index (κ3) is 6.23. The van der Waals surface area contributed by atoms with Crippen molar-refractivity contribution >= 4 is 69.8 Å². The van der Waals surface area contributed by atoms with Gasteiger partial charge in [0.1, 0.15) is 5.75 Å². The third-order valence-electron chi connectivity index (χ3n) is 3.70. The van der Waals surface area contributed by atoms with Gasteiger partial charge < -0.3 is 10.1 Å². The predicted molar refractivity (Wildman–Crippen MR) is 121 cm³/mol. The van der Waals surface area contributed by atoms with Crippen molar-refractivity contribution in [3.8, 4) is 5.75 Å². The first kappa shape index (κ1) is 22.2. The van der Waals surface area contributed by atoms with Gasteiger partial charge in [0.2, 0.25) is 5.91 Å². The van der Waals surface area contributed by atoms with Crippen molar-refractivity contribution in [3.63, 3.8) is 0 Å². The minimum Gasteiger partial charge on any atom is -0.497 e. The molecular formula is C18H16Cl2N4O2S3. The van der Waals surface area contributed by atoms with Crippen LogP contribution >= 0.6 is 58.1 Å². The van der Waals surface area contributed by atoms with Gasteiger partial charge in [0, 0.05) is 11.9 Å². The minimum atomic E-state index is -0.228. The van der Waals surface area contributed by atoms with Gasteiger partial charge in [0.15, 0.2) is 14.5 Å². The van der Waals surface area contributed by atoms with Gasteiger partial charge in [0.25, 0.3) is 0 Å². The molecule has 0 atom stereocenters. The highest BCUT2D eigenvalue weighted by atomic mass is 35.5. The Bertz CT molecular complexity index is 999. The number of nitrogens with one attached hydrogen (secondary N) is 1. The first-order valence-electron chi connectivity index (χ1n) is 8.28. The summed E-state index contributed by atoms with van der Waals surface area (Å²) in [6.07, 6.45) is 1.46. The molecule has 0 spiro atoms. The quantitative estimate of drug-likeness (QED) is 0.416. The Morgan fingerprint density at radius 2 is 1.86 bits per heavy atom. The summed E-state index contributed by atoms with van der Waals surface area (Å²) in [4.78, 5) is 16.2. The highest BCUT2D eigenvalue weighted by molar-refractivity contribution is 8.03. The van der Waals surface area contributed by atoms with Crippen LogP contribution in [0.5, 0.6) is 5.75 Å². The lowest BCUT2D eigenvalue weighted by atomic mass is 10.2. The monoisotopic (exact) mass is 486 g/mol. The first-order chi connectivity index (χ1) is 14.0. The van der Waals surface area contributed by atoms with Crippen LogP contribution in [-0.4, -0.2) is 34.0 Å². The summed E-state index contributed by atoms with van der Waals surface area (Å²) >= 11 is 16.5. The maximum atomic E-state index is 12.2. The molecule has 3 rings (SSSR count). The number of carbonyl (C=O) groups is 1. The van der Waals surface area contributed by atoms with E-state index in [0.29, 0.717) is 21.4 Å². The normalized spacial score (nSPS) is 10.8. The molecule has 0 aliphatic heterocycles. The van der Waals surface area contributed by atoms with Gasteiger partial charge in [-0.05, 0) is 30.2 Å². The number of methoxy groups -OCH3 is 1. The molecule has 0 aliphatic rings. The molecule has 3 aromatic rings. The molecular weight excluding hydrogens is 471 g/mol. The van der Waals surface area contributed by atoms with E-state index in [2.05, 4.69) is 20.5 Å². The SMILES string of the molecule is COc1ccc(CSc2nnc(SCC(=O)Nc3ncc(Cl)c(C)c3Cl)s2)cc1. The Morgan fingerprint density at radius 1 is 1.17 bits per heavy atom. The number of hydrogen-bond acceptors (Lipinski definition) is 8. The number of amides is 1. The van der Waals surface area contributed by atoms with Gasteiger partial charge in [-0.1, -0.05) is 70.2 Å². The van der Waals surface area contributed by atoms with E-state index in [-0.39, 0.29) is 11.7 Å². The van der Waals surface area contributed by atoms with Crippen molar-refractivity contribution in [3.05, 3.63) is 51.6 Å². The van der Waals surface area contributed by atoms with Gasteiger partial charge in [0.05, 0.1) is 22.9 Å². The summed E-state index contributed by atoms with van der Waals surface area (Å²) in [5.41, 5.74) is 1.84. The summed E-state index contributed by atoms with van der Waals surface area (Å²) in [5, 5.41) is 11.8. The minimum absolute atomic E-state index is 0.178. The van der Waals surface area contributed by atoms with Crippen LogP contribution < -0.4 is 10.1 Å². The standard InChI is InChI=1S/C18H16Cl2N4O2S3/c1-10-13(19)7-21-16(15(10)20)22-14(25)9-28-18-24-23-17(29-18)27-8-11-3-5-12(26-2)6-4-11/h3-7H,8-9H2,1-2H3,(H,21,22,25). The molecule has 0 fully saturated rings. The second-order valence-corrected chi connectivity index (χ2v) is 9.91.